The van der Waals surface area contributed by atoms with E-state index < -0.39 is 0 Å². The van der Waals surface area contributed by atoms with Crippen molar-refractivity contribution in [2.75, 3.05) is 26.8 Å². The van der Waals surface area contributed by atoms with E-state index in [1.54, 1.807) is 0 Å². The van der Waals surface area contributed by atoms with Crippen molar-refractivity contribution in [3.8, 4) is 0 Å². The summed E-state index contributed by atoms with van der Waals surface area (Å²) in [5.41, 5.74) is 0. The van der Waals surface area contributed by atoms with Crippen LogP contribution in [-0.4, -0.2) is 39.0 Å². The molecular weight excluding hydrogens is 550 g/mol. The number of nitrogens with one attached hydrogen (secondary N) is 1. The maximum absolute atomic E-state index is 6.32. The summed E-state index contributed by atoms with van der Waals surface area (Å²) in [7, 11) is 2.02. The third-order valence-electron chi connectivity index (χ3n) is 8.61. The van der Waals surface area contributed by atoms with Crippen LogP contribution in [0.15, 0.2) is 48.6 Å². The van der Waals surface area contributed by atoms with Gasteiger partial charge in [0.15, 0.2) is 0 Å². The predicted octanol–water partition coefficient (Wildman–Crippen LogP) is 13.0. The third-order valence-corrected chi connectivity index (χ3v) is 8.61. The molecule has 0 rings (SSSR count). The van der Waals surface area contributed by atoms with Crippen LogP contribution in [0.1, 0.15) is 181 Å². The van der Waals surface area contributed by atoms with Crippen LogP contribution in [0.25, 0.3) is 0 Å². The summed E-state index contributed by atoms with van der Waals surface area (Å²) in [6, 6.07) is 0. The molecule has 0 saturated heterocycles. The molecule has 2 atom stereocenters. The molecule has 0 heterocycles. The highest BCUT2D eigenvalue weighted by Gasteiger charge is 2.18. The summed E-state index contributed by atoms with van der Waals surface area (Å²) in [4.78, 5) is 0. The second kappa shape index (κ2) is 39.0. The highest BCUT2D eigenvalue weighted by molar-refractivity contribution is 4.93. The molecule has 0 aliphatic heterocycles. The van der Waals surface area contributed by atoms with Gasteiger partial charge in [0.1, 0.15) is 0 Å². The maximum Gasteiger partial charge on any atom is 0.0846 e. The van der Waals surface area contributed by atoms with Gasteiger partial charge in [-0.1, -0.05) is 140 Å². The van der Waals surface area contributed by atoms with E-state index in [1.807, 2.05) is 7.05 Å². The fourth-order valence-corrected chi connectivity index (χ4v) is 5.53. The zero-order chi connectivity index (χ0) is 32.7. The van der Waals surface area contributed by atoms with Crippen molar-refractivity contribution in [3.63, 3.8) is 0 Å². The van der Waals surface area contributed by atoms with Gasteiger partial charge in [0.2, 0.25) is 0 Å². The molecule has 0 fully saturated rings. The standard InChI is InChI=1S/C42H79NO2/c1-5-7-9-11-13-15-17-19-21-23-25-27-29-31-33-35-39-44-41(3)42(37-38-43-4)45-40-36-34-32-30-28-26-24-22-20-18-16-14-12-10-8-6-2/h13-16,19-22,41-43H,5-12,17-18,23-40H2,1-4H3. The minimum Gasteiger partial charge on any atom is -0.376 e. The van der Waals surface area contributed by atoms with E-state index in [0.29, 0.717) is 0 Å². The van der Waals surface area contributed by atoms with Crippen molar-refractivity contribution in [2.24, 2.45) is 0 Å². The van der Waals surface area contributed by atoms with Gasteiger partial charge in [-0.05, 0) is 104 Å². The Kier molecular flexibility index (Phi) is 38.0. The van der Waals surface area contributed by atoms with Gasteiger partial charge >= 0.3 is 0 Å². The number of hydrogen-bond donors (Lipinski definition) is 1. The van der Waals surface area contributed by atoms with Crippen LogP contribution in [-0.2, 0) is 9.47 Å². The van der Waals surface area contributed by atoms with Crippen molar-refractivity contribution >= 4 is 0 Å². The summed E-state index contributed by atoms with van der Waals surface area (Å²) in [5.74, 6) is 0. The summed E-state index contributed by atoms with van der Waals surface area (Å²) < 4.78 is 12.5. The Morgan fingerprint density at radius 2 is 0.844 bits per heavy atom. The third kappa shape index (κ3) is 35.5. The fraction of sp³-hybridized carbons (Fsp3) is 0.810. The van der Waals surface area contributed by atoms with E-state index in [9.17, 15) is 0 Å². The number of hydrogen-bond acceptors (Lipinski definition) is 3. The molecule has 0 bridgehead atoms. The first-order chi connectivity index (χ1) is 22.3. The second-order valence-corrected chi connectivity index (χ2v) is 13.0. The van der Waals surface area contributed by atoms with Crippen molar-refractivity contribution in [2.45, 2.75) is 193 Å². The van der Waals surface area contributed by atoms with Gasteiger partial charge in [-0.3, -0.25) is 0 Å². The first-order valence-corrected chi connectivity index (χ1v) is 19.7. The monoisotopic (exact) mass is 630 g/mol. The second-order valence-electron chi connectivity index (χ2n) is 13.0. The van der Waals surface area contributed by atoms with Crippen LogP contribution in [0.2, 0.25) is 0 Å². The fourth-order valence-electron chi connectivity index (χ4n) is 5.53. The molecule has 2 unspecified atom stereocenters. The van der Waals surface area contributed by atoms with Crippen molar-refractivity contribution < 1.29 is 9.47 Å². The molecule has 264 valence electrons. The van der Waals surface area contributed by atoms with Gasteiger partial charge < -0.3 is 14.8 Å². The van der Waals surface area contributed by atoms with E-state index in [0.717, 1.165) is 39.0 Å². The van der Waals surface area contributed by atoms with E-state index >= 15 is 0 Å². The quantitative estimate of drug-likeness (QED) is 0.0552. The van der Waals surface area contributed by atoms with Gasteiger partial charge in [-0.15, -0.1) is 0 Å². The molecule has 0 aromatic heterocycles. The van der Waals surface area contributed by atoms with Gasteiger partial charge in [0, 0.05) is 13.2 Å². The van der Waals surface area contributed by atoms with Crippen molar-refractivity contribution in [1.82, 2.24) is 5.32 Å². The Labute approximate surface area is 283 Å². The van der Waals surface area contributed by atoms with E-state index in [1.165, 1.54) is 141 Å². The molecule has 0 aliphatic rings. The molecule has 3 nitrogen and oxygen atoms in total. The molecular formula is C42H79NO2. The molecule has 0 aliphatic carbocycles. The number of rotatable bonds is 36. The Balaban J connectivity index is 3.70. The van der Waals surface area contributed by atoms with Gasteiger partial charge in [0.05, 0.1) is 12.2 Å². The van der Waals surface area contributed by atoms with E-state index in [4.69, 9.17) is 9.47 Å². The lowest BCUT2D eigenvalue weighted by Gasteiger charge is -2.25. The predicted molar refractivity (Wildman–Crippen MR) is 202 cm³/mol. The Bertz CT molecular complexity index is 668. The Morgan fingerprint density at radius 3 is 1.27 bits per heavy atom. The highest BCUT2D eigenvalue weighted by atomic mass is 16.5. The summed E-state index contributed by atoms with van der Waals surface area (Å²) in [5, 5.41) is 3.29. The lowest BCUT2D eigenvalue weighted by atomic mass is 10.1. The zero-order valence-electron chi connectivity index (χ0n) is 30.9. The van der Waals surface area contributed by atoms with Crippen LogP contribution < -0.4 is 5.32 Å². The molecule has 0 saturated carbocycles. The van der Waals surface area contributed by atoms with Crippen LogP contribution in [0.4, 0.5) is 0 Å². The van der Waals surface area contributed by atoms with Crippen LogP contribution in [0, 0.1) is 0 Å². The smallest absolute Gasteiger partial charge is 0.0846 e. The number of unbranched alkanes of at least 4 members (excludes halogenated alkanes) is 18. The summed E-state index contributed by atoms with van der Waals surface area (Å²) >= 11 is 0. The Hall–Kier alpha value is -1.16. The normalized spacial score (nSPS) is 13.8. The number of allylic oxidation sites excluding steroid dienone is 8. The van der Waals surface area contributed by atoms with Gasteiger partial charge in [-0.2, -0.15) is 0 Å². The van der Waals surface area contributed by atoms with Gasteiger partial charge in [0.25, 0.3) is 0 Å². The molecule has 0 aromatic carbocycles. The first kappa shape index (κ1) is 43.8. The summed E-state index contributed by atoms with van der Waals surface area (Å²) in [6.45, 7) is 9.44. The maximum atomic E-state index is 6.32. The minimum atomic E-state index is 0.168. The van der Waals surface area contributed by atoms with E-state index in [2.05, 4.69) is 74.7 Å². The van der Waals surface area contributed by atoms with Gasteiger partial charge in [-0.25, -0.2) is 0 Å². The minimum absolute atomic E-state index is 0.168. The molecule has 0 spiro atoms. The lowest BCUT2D eigenvalue weighted by molar-refractivity contribution is -0.0692. The average Bonchev–Trinajstić information content (AvgIpc) is 3.05. The average molecular weight is 630 g/mol. The molecule has 0 radical (unpaired) electrons. The first-order valence-electron chi connectivity index (χ1n) is 19.7. The van der Waals surface area contributed by atoms with Crippen molar-refractivity contribution in [1.29, 1.82) is 0 Å². The highest BCUT2D eigenvalue weighted by Crippen LogP contribution is 2.14. The SMILES string of the molecule is CCCCCC=CCC=CCCCCCCCCOC(C)C(CCNC)OCCCCCCCCC=CCC=CCCCCC. The molecule has 45 heavy (non-hydrogen) atoms. The lowest BCUT2D eigenvalue weighted by Crippen LogP contribution is -2.32. The summed E-state index contributed by atoms with van der Waals surface area (Å²) in [6.07, 6.45) is 50.9. The van der Waals surface area contributed by atoms with E-state index in [-0.39, 0.29) is 12.2 Å². The molecule has 3 heteroatoms. The molecule has 0 amide bonds. The Morgan fingerprint density at radius 1 is 0.467 bits per heavy atom. The van der Waals surface area contributed by atoms with Crippen molar-refractivity contribution in [3.05, 3.63) is 48.6 Å². The van der Waals surface area contributed by atoms with Crippen LogP contribution >= 0.6 is 0 Å². The van der Waals surface area contributed by atoms with Crippen LogP contribution in [0.3, 0.4) is 0 Å². The zero-order valence-corrected chi connectivity index (χ0v) is 30.9. The molecule has 1 N–H and O–H groups in total. The van der Waals surface area contributed by atoms with Crippen LogP contribution in [0.5, 0.6) is 0 Å². The largest absolute Gasteiger partial charge is 0.376 e. The number of ether oxygens (including phenoxy) is 2. The topological polar surface area (TPSA) is 30.5 Å². The molecule has 0 aromatic rings.